The summed E-state index contributed by atoms with van der Waals surface area (Å²) in [6.07, 6.45) is 2.14. The van der Waals surface area contributed by atoms with E-state index in [4.69, 9.17) is 0 Å². The monoisotopic (exact) mass is 356 g/mol. The van der Waals surface area contributed by atoms with Gasteiger partial charge in [-0.3, -0.25) is 4.79 Å². The summed E-state index contributed by atoms with van der Waals surface area (Å²) in [5.74, 6) is -0.0102. The quantitative estimate of drug-likeness (QED) is 0.895. The van der Waals surface area contributed by atoms with Crippen LogP contribution >= 0.6 is 15.9 Å². The van der Waals surface area contributed by atoms with Crippen LogP contribution in [0.25, 0.3) is 0 Å². The molecule has 21 heavy (non-hydrogen) atoms. The number of rotatable bonds is 4. The van der Waals surface area contributed by atoms with E-state index in [1.807, 2.05) is 4.90 Å². The Hall–Kier alpha value is -0.940. The zero-order valence-corrected chi connectivity index (χ0v) is 14.1. The molecule has 1 amide bonds. The zero-order valence-electron chi connectivity index (χ0n) is 12.5. The number of hydrogen-bond donors (Lipinski definition) is 1. The Balaban J connectivity index is 2.03. The number of halogens is 2. The van der Waals surface area contributed by atoms with Crippen LogP contribution in [0, 0.1) is 11.7 Å². The molecule has 0 spiro atoms. The Morgan fingerprint density at radius 3 is 3.00 bits per heavy atom. The molecule has 1 saturated heterocycles. The van der Waals surface area contributed by atoms with Crippen LogP contribution in [-0.4, -0.2) is 36.5 Å². The van der Waals surface area contributed by atoms with Gasteiger partial charge >= 0.3 is 0 Å². The van der Waals surface area contributed by atoms with Gasteiger partial charge in [-0.15, -0.1) is 0 Å². The van der Waals surface area contributed by atoms with Crippen molar-refractivity contribution in [1.82, 2.24) is 10.2 Å². The molecule has 2 rings (SSSR count). The van der Waals surface area contributed by atoms with Crippen molar-refractivity contribution in [3.63, 3.8) is 0 Å². The van der Waals surface area contributed by atoms with Gasteiger partial charge in [0, 0.05) is 19.1 Å². The van der Waals surface area contributed by atoms with Crippen LogP contribution < -0.4 is 5.32 Å². The van der Waals surface area contributed by atoms with E-state index in [1.54, 1.807) is 12.1 Å². The molecule has 0 radical (unpaired) electrons. The van der Waals surface area contributed by atoms with Gasteiger partial charge in [0.2, 0.25) is 0 Å². The fraction of sp³-hybridized carbons (Fsp3) is 0.562. The fourth-order valence-electron chi connectivity index (χ4n) is 2.66. The summed E-state index contributed by atoms with van der Waals surface area (Å²) in [4.78, 5) is 14.4. The lowest BCUT2D eigenvalue weighted by molar-refractivity contribution is 0.0670. The molecule has 1 aliphatic heterocycles. The largest absolute Gasteiger partial charge is 0.338 e. The number of amides is 1. The number of piperidine rings is 1. The number of benzene rings is 1. The number of carbonyl (C=O) groups is 1. The minimum absolute atomic E-state index is 0.0874. The highest BCUT2D eigenvalue weighted by Gasteiger charge is 2.26. The SMILES string of the molecule is CC(C)NCC1CCCN(C(=O)c2cccc(F)c2Br)C1. The number of nitrogens with zero attached hydrogens (tertiary/aromatic N) is 1. The number of hydrogen-bond acceptors (Lipinski definition) is 2. The highest BCUT2D eigenvalue weighted by atomic mass is 79.9. The van der Waals surface area contributed by atoms with Gasteiger partial charge in [-0.05, 0) is 53.4 Å². The molecule has 116 valence electrons. The molecule has 0 aliphatic carbocycles. The molecule has 1 aliphatic rings. The number of likely N-dealkylation sites (tertiary alicyclic amines) is 1. The second-order valence-corrected chi connectivity index (χ2v) is 6.72. The van der Waals surface area contributed by atoms with Gasteiger partial charge in [0.15, 0.2) is 0 Å². The van der Waals surface area contributed by atoms with Crippen LogP contribution in [0.1, 0.15) is 37.0 Å². The predicted octanol–water partition coefficient (Wildman–Crippen LogP) is 3.44. The fourth-order valence-corrected chi connectivity index (χ4v) is 3.09. The van der Waals surface area contributed by atoms with Crippen LogP contribution in [0.2, 0.25) is 0 Å². The third-order valence-electron chi connectivity index (χ3n) is 3.80. The van der Waals surface area contributed by atoms with Crippen LogP contribution in [0.3, 0.4) is 0 Å². The highest BCUT2D eigenvalue weighted by molar-refractivity contribution is 9.10. The van der Waals surface area contributed by atoms with Gasteiger partial charge in [-0.1, -0.05) is 19.9 Å². The van der Waals surface area contributed by atoms with E-state index >= 15 is 0 Å². The van der Waals surface area contributed by atoms with Crippen LogP contribution in [0.4, 0.5) is 4.39 Å². The lowest BCUT2D eigenvalue weighted by atomic mass is 9.97. The van der Waals surface area contributed by atoms with Gasteiger partial charge in [-0.2, -0.15) is 0 Å². The third-order valence-corrected chi connectivity index (χ3v) is 4.61. The smallest absolute Gasteiger partial charge is 0.255 e. The average Bonchev–Trinajstić information content (AvgIpc) is 2.47. The van der Waals surface area contributed by atoms with E-state index in [-0.39, 0.29) is 10.4 Å². The molecule has 3 nitrogen and oxygen atoms in total. The lowest BCUT2D eigenvalue weighted by Crippen LogP contribution is -2.43. The minimum Gasteiger partial charge on any atom is -0.338 e. The summed E-state index contributed by atoms with van der Waals surface area (Å²) < 4.78 is 13.8. The summed E-state index contributed by atoms with van der Waals surface area (Å²) >= 11 is 3.18. The van der Waals surface area contributed by atoms with Crippen LogP contribution in [0.5, 0.6) is 0 Å². The Labute approximate surface area is 134 Å². The standard InChI is InChI=1S/C16H22BrFN2O/c1-11(2)19-9-12-5-4-8-20(10-12)16(21)13-6-3-7-14(18)15(13)17/h3,6-7,11-12,19H,4-5,8-10H2,1-2H3. The second-order valence-electron chi connectivity index (χ2n) is 5.92. The molecular formula is C16H22BrFN2O. The van der Waals surface area contributed by atoms with E-state index in [2.05, 4.69) is 35.1 Å². The normalized spacial score (nSPS) is 19.1. The van der Waals surface area contributed by atoms with Gasteiger partial charge in [0.25, 0.3) is 5.91 Å². The van der Waals surface area contributed by atoms with E-state index in [0.717, 1.165) is 32.5 Å². The highest BCUT2D eigenvalue weighted by Crippen LogP contribution is 2.24. The second kappa shape index (κ2) is 7.36. The summed E-state index contributed by atoms with van der Waals surface area (Å²) in [7, 11) is 0. The minimum atomic E-state index is -0.393. The number of nitrogens with one attached hydrogen (secondary N) is 1. The summed E-state index contributed by atoms with van der Waals surface area (Å²) in [6.45, 7) is 6.65. The molecule has 1 aromatic carbocycles. The molecule has 1 N–H and O–H groups in total. The van der Waals surface area contributed by atoms with Crippen molar-refractivity contribution in [2.75, 3.05) is 19.6 Å². The molecule has 1 atom stereocenters. The summed E-state index contributed by atoms with van der Waals surface area (Å²) in [6, 6.07) is 5.06. The molecule has 0 aromatic heterocycles. The topological polar surface area (TPSA) is 32.3 Å². The summed E-state index contributed by atoms with van der Waals surface area (Å²) in [5.41, 5.74) is 0.410. The van der Waals surface area contributed by atoms with E-state index in [1.165, 1.54) is 6.07 Å². The van der Waals surface area contributed by atoms with Crippen molar-refractivity contribution in [3.05, 3.63) is 34.1 Å². The predicted molar refractivity (Wildman–Crippen MR) is 85.9 cm³/mol. The van der Waals surface area contributed by atoms with E-state index < -0.39 is 5.82 Å². The van der Waals surface area contributed by atoms with Crippen molar-refractivity contribution in [2.45, 2.75) is 32.7 Å². The molecular weight excluding hydrogens is 335 g/mol. The number of carbonyl (C=O) groups excluding carboxylic acids is 1. The van der Waals surface area contributed by atoms with E-state index in [9.17, 15) is 9.18 Å². The summed E-state index contributed by atoms with van der Waals surface area (Å²) in [5, 5.41) is 3.43. The lowest BCUT2D eigenvalue weighted by Gasteiger charge is -2.33. The molecule has 1 aromatic rings. The average molecular weight is 357 g/mol. The first-order chi connectivity index (χ1) is 9.99. The van der Waals surface area contributed by atoms with Gasteiger partial charge in [-0.25, -0.2) is 4.39 Å². The third kappa shape index (κ3) is 4.27. The zero-order chi connectivity index (χ0) is 15.4. The molecule has 0 bridgehead atoms. The van der Waals surface area contributed by atoms with Gasteiger partial charge in [0.1, 0.15) is 5.82 Å². The Morgan fingerprint density at radius 1 is 1.52 bits per heavy atom. The molecule has 1 unspecified atom stereocenters. The molecule has 5 heteroatoms. The first-order valence-electron chi connectivity index (χ1n) is 7.45. The maximum absolute atomic E-state index is 13.6. The Kier molecular flexibility index (Phi) is 5.76. The van der Waals surface area contributed by atoms with Crippen molar-refractivity contribution < 1.29 is 9.18 Å². The first-order valence-corrected chi connectivity index (χ1v) is 8.25. The van der Waals surface area contributed by atoms with Crippen molar-refractivity contribution in [1.29, 1.82) is 0 Å². The molecule has 1 fully saturated rings. The maximum atomic E-state index is 13.6. The Morgan fingerprint density at radius 2 is 2.29 bits per heavy atom. The first kappa shape index (κ1) is 16.4. The maximum Gasteiger partial charge on any atom is 0.255 e. The van der Waals surface area contributed by atoms with Crippen molar-refractivity contribution >= 4 is 21.8 Å². The van der Waals surface area contributed by atoms with Crippen molar-refractivity contribution in [3.8, 4) is 0 Å². The van der Waals surface area contributed by atoms with E-state index in [0.29, 0.717) is 17.5 Å². The van der Waals surface area contributed by atoms with Crippen LogP contribution in [-0.2, 0) is 0 Å². The van der Waals surface area contributed by atoms with Gasteiger partial charge in [0.05, 0.1) is 10.0 Å². The van der Waals surface area contributed by atoms with Crippen molar-refractivity contribution in [2.24, 2.45) is 5.92 Å². The molecule has 0 saturated carbocycles. The Bertz CT molecular complexity index is 507. The van der Waals surface area contributed by atoms with Gasteiger partial charge < -0.3 is 10.2 Å². The van der Waals surface area contributed by atoms with Crippen LogP contribution in [0.15, 0.2) is 22.7 Å². The molecule has 1 heterocycles.